The minimum absolute atomic E-state index is 0.0612. The monoisotopic (exact) mass is 547 g/mol. The first kappa shape index (κ1) is 24.4. The molecule has 0 saturated carbocycles. The van der Waals surface area contributed by atoms with Crippen molar-refractivity contribution in [3.05, 3.63) is 46.4 Å². The molecule has 1 fully saturated rings. The first-order valence-corrected chi connectivity index (χ1v) is 14.7. The Hall–Kier alpha value is -1.76. The zero-order valence-corrected chi connectivity index (χ0v) is 21.2. The molecule has 3 aromatic rings. The number of halogens is 2. The van der Waals surface area contributed by atoms with E-state index in [-0.39, 0.29) is 28.8 Å². The quantitative estimate of drug-likeness (QED) is 0.515. The minimum Gasteiger partial charge on any atom is -0.302 e. The second-order valence-corrected chi connectivity index (χ2v) is 13.4. The Kier molecular flexibility index (Phi) is 6.74. The molecule has 1 N–H and O–H groups in total. The molecule has 2 aromatic carbocycles. The lowest BCUT2D eigenvalue weighted by Gasteiger charge is -2.30. The predicted octanol–water partition coefficient (Wildman–Crippen LogP) is 4.05. The normalized spacial score (nSPS) is 16.2. The maximum Gasteiger partial charge on any atom is 0.243 e. The second-order valence-electron chi connectivity index (χ2n) is 7.64. The summed E-state index contributed by atoms with van der Waals surface area (Å²) >= 11 is 13.5. The van der Waals surface area contributed by atoms with E-state index < -0.39 is 25.8 Å². The zero-order valence-electron chi connectivity index (χ0n) is 17.3. The summed E-state index contributed by atoms with van der Waals surface area (Å²) < 4.78 is 51.5. The fraction of sp³-hybridized carbons (Fsp3) is 0.300. The summed E-state index contributed by atoms with van der Waals surface area (Å²) in [5.41, 5.74) is 0.515. The Labute approximate surface area is 205 Å². The zero-order chi connectivity index (χ0) is 24.0. The lowest BCUT2D eigenvalue weighted by atomic mass is 9.97. The van der Waals surface area contributed by atoms with Crippen LogP contribution < -0.4 is 5.32 Å². The van der Waals surface area contributed by atoms with Crippen LogP contribution in [0.25, 0.3) is 10.2 Å². The van der Waals surface area contributed by atoms with Crippen LogP contribution in [-0.4, -0.2) is 51.4 Å². The first-order chi connectivity index (χ1) is 15.5. The second kappa shape index (κ2) is 9.12. The van der Waals surface area contributed by atoms with Gasteiger partial charge in [0.1, 0.15) is 5.52 Å². The molecule has 13 heteroatoms. The fourth-order valence-corrected chi connectivity index (χ4v) is 7.26. The molecule has 176 valence electrons. The van der Waals surface area contributed by atoms with Gasteiger partial charge in [0.05, 0.1) is 24.5 Å². The number of nitrogens with zero attached hydrogens (tertiary/aromatic N) is 2. The summed E-state index contributed by atoms with van der Waals surface area (Å²) in [6.45, 7) is 0.280. The van der Waals surface area contributed by atoms with E-state index in [0.29, 0.717) is 38.2 Å². The van der Waals surface area contributed by atoms with Crippen molar-refractivity contribution in [2.75, 3.05) is 24.7 Å². The highest BCUT2D eigenvalue weighted by molar-refractivity contribution is 7.91. The van der Waals surface area contributed by atoms with Gasteiger partial charge in [-0.05, 0) is 43.2 Å². The molecule has 0 spiro atoms. The SMILES string of the molecule is CS(=O)(=O)c1cccc(S(=O)(=O)N2CCC(C(=O)Nc3nc4c(Cl)ccc(Cl)c4s3)CC2)c1. The summed E-state index contributed by atoms with van der Waals surface area (Å²) in [5.74, 6) is -0.644. The van der Waals surface area contributed by atoms with Crippen LogP contribution in [0.1, 0.15) is 12.8 Å². The van der Waals surface area contributed by atoms with Crippen molar-refractivity contribution in [1.82, 2.24) is 9.29 Å². The number of nitrogens with one attached hydrogen (secondary N) is 1. The number of benzene rings is 2. The Morgan fingerprint density at radius 1 is 1.06 bits per heavy atom. The van der Waals surface area contributed by atoms with Crippen molar-refractivity contribution >= 4 is 75.7 Å². The van der Waals surface area contributed by atoms with Crippen LogP contribution in [-0.2, 0) is 24.7 Å². The topological polar surface area (TPSA) is 114 Å². The van der Waals surface area contributed by atoms with Crippen molar-refractivity contribution < 1.29 is 21.6 Å². The first-order valence-electron chi connectivity index (χ1n) is 9.82. The number of hydrogen-bond acceptors (Lipinski definition) is 7. The number of carbonyl (C=O) groups excluding carboxylic acids is 1. The molecule has 0 bridgehead atoms. The maximum absolute atomic E-state index is 13.0. The molecule has 2 heterocycles. The van der Waals surface area contributed by atoms with Crippen LogP contribution >= 0.6 is 34.5 Å². The van der Waals surface area contributed by atoms with Gasteiger partial charge in [0.2, 0.25) is 15.9 Å². The van der Waals surface area contributed by atoms with E-state index in [1.54, 1.807) is 12.1 Å². The molecule has 1 aromatic heterocycles. The van der Waals surface area contributed by atoms with Gasteiger partial charge >= 0.3 is 0 Å². The Balaban J connectivity index is 1.44. The van der Waals surface area contributed by atoms with Crippen LogP contribution in [0.3, 0.4) is 0 Å². The highest BCUT2D eigenvalue weighted by Crippen LogP contribution is 2.36. The number of sulfone groups is 1. The van der Waals surface area contributed by atoms with Crippen molar-refractivity contribution in [2.24, 2.45) is 5.92 Å². The largest absolute Gasteiger partial charge is 0.302 e. The van der Waals surface area contributed by atoms with Gasteiger partial charge in [-0.1, -0.05) is 40.6 Å². The number of carbonyl (C=O) groups is 1. The van der Waals surface area contributed by atoms with Gasteiger partial charge in [0.15, 0.2) is 15.0 Å². The van der Waals surface area contributed by atoms with Crippen molar-refractivity contribution in [1.29, 1.82) is 0 Å². The number of sulfonamides is 1. The van der Waals surface area contributed by atoms with Crippen molar-refractivity contribution in [3.8, 4) is 0 Å². The molecule has 1 aliphatic heterocycles. The molecule has 1 amide bonds. The number of anilines is 1. The Bertz CT molecular complexity index is 1410. The number of hydrogen-bond donors (Lipinski definition) is 1. The molecule has 4 rings (SSSR count). The van der Waals surface area contributed by atoms with Crippen LogP contribution in [0.4, 0.5) is 5.13 Å². The number of amides is 1. The number of thiazole rings is 1. The average Bonchev–Trinajstić information content (AvgIpc) is 3.21. The van der Waals surface area contributed by atoms with Crippen molar-refractivity contribution in [3.63, 3.8) is 0 Å². The fourth-order valence-electron chi connectivity index (χ4n) is 3.58. The number of aromatic nitrogens is 1. The van der Waals surface area contributed by atoms with E-state index in [4.69, 9.17) is 23.2 Å². The molecule has 0 radical (unpaired) electrons. The van der Waals surface area contributed by atoms with Gasteiger partial charge in [0.25, 0.3) is 0 Å². The van der Waals surface area contributed by atoms with Crippen LogP contribution in [0.5, 0.6) is 0 Å². The van der Waals surface area contributed by atoms with Gasteiger partial charge in [-0.25, -0.2) is 21.8 Å². The highest BCUT2D eigenvalue weighted by Gasteiger charge is 2.33. The van der Waals surface area contributed by atoms with Crippen LogP contribution in [0.15, 0.2) is 46.2 Å². The van der Waals surface area contributed by atoms with Gasteiger partial charge < -0.3 is 5.32 Å². The average molecular weight is 548 g/mol. The number of piperidine rings is 1. The lowest BCUT2D eigenvalue weighted by Crippen LogP contribution is -2.41. The van der Waals surface area contributed by atoms with E-state index in [0.717, 1.165) is 12.3 Å². The third kappa shape index (κ3) is 5.03. The molecular weight excluding hydrogens is 529 g/mol. The molecular formula is C20H19Cl2N3O5S3. The standard InChI is InChI=1S/C20H19Cl2N3O5S3/c1-32(27,28)13-3-2-4-14(11-13)33(29,30)25-9-7-12(8-10-25)19(26)24-20-23-17-15(21)5-6-16(22)18(17)31-20/h2-6,11-12H,7-10H2,1H3,(H,23,24,26). The lowest BCUT2D eigenvalue weighted by molar-refractivity contribution is -0.120. The number of fused-ring (bicyclic) bond motifs is 1. The minimum atomic E-state index is -3.88. The third-order valence-corrected chi connectivity index (χ3v) is 10.1. The van der Waals surface area contributed by atoms with Crippen LogP contribution in [0.2, 0.25) is 10.0 Å². The van der Waals surface area contributed by atoms with Gasteiger partial charge in [-0.15, -0.1) is 0 Å². The third-order valence-electron chi connectivity index (χ3n) is 5.37. The van der Waals surface area contributed by atoms with Gasteiger partial charge in [-0.3, -0.25) is 4.79 Å². The molecule has 0 atom stereocenters. The molecule has 0 aliphatic carbocycles. The molecule has 1 saturated heterocycles. The van der Waals surface area contributed by atoms with E-state index in [1.807, 2.05) is 0 Å². The molecule has 0 unspecified atom stereocenters. The Morgan fingerprint density at radius 3 is 2.33 bits per heavy atom. The summed E-state index contributed by atoms with van der Waals surface area (Å²) in [6, 6.07) is 8.59. The van der Waals surface area contributed by atoms with Crippen molar-refractivity contribution in [2.45, 2.75) is 22.6 Å². The summed E-state index contributed by atoms with van der Waals surface area (Å²) in [4.78, 5) is 16.9. The van der Waals surface area contributed by atoms with E-state index >= 15 is 0 Å². The van der Waals surface area contributed by atoms with E-state index in [1.165, 1.54) is 33.8 Å². The van der Waals surface area contributed by atoms with E-state index in [9.17, 15) is 21.6 Å². The summed E-state index contributed by atoms with van der Waals surface area (Å²) in [7, 11) is -7.42. The molecule has 33 heavy (non-hydrogen) atoms. The summed E-state index contributed by atoms with van der Waals surface area (Å²) in [5, 5.41) is 4.08. The molecule has 8 nitrogen and oxygen atoms in total. The highest BCUT2D eigenvalue weighted by atomic mass is 35.5. The molecule has 1 aliphatic rings. The maximum atomic E-state index is 13.0. The van der Waals surface area contributed by atoms with Gasteiger partial charge in [0, 0.05) is 25.3 Å². The summed E-state index contributed by atoms with van der Waals surface area (Å²) in [6.07, 6.45) is 1.67. The smallest absolute Gasteiger partial charge is 0.243 e. The van der Waals surface area contributed by atoms with Gasteiger partial charge in [-0.2, -0.15) is 4.31 Å². The van der Waals surface area contributed by atoms with Crippen LogP contribution in [0, 0.1) is 5.92 Å². The predicted molar refractivity (Wildman–Crippen MR) is 129 cm³/mol. The Morgan fingerprint density at radius 2 is 1.70 bits per heavy atom. The number of rotatable bonds is 5. The van der Waals surface area contributed by atoms with E-state index in [2.05, 4.69) is 10.3 Å².